The fourth-order valence-corrected chi connectivity index (χ4v) is 1.90. The van der Waals surface area contributed by atoms with Gasteiger partial charge in [-0.25, -0.2) is 0 Å². The Labute approximate surface area is 121 Å². The highest BCUT2D eigenvalue weighted by Crippen LogP contribution is 2.26. The lowest BCUT2D eigenvalue weighted by molar-refractivity contribution is -0.386. The van der Waals surface area contributed by atoms with E-state index in [1.165, 1.54) is 12.1 Å². The van der Waals surface area contributed by atoms with Gasteiger partial charge >= 0.3 is 5.69 Å². The smallest absolute Gasteiger partial charge is 0.327 e. The molecule has 0 fully saturated rings. The van der Waals surface area contributed by atoms with Gasteiger partial charge in [-0.2, -0.15) is 4.39 Å². The highest BCUT2D eigenvalue weighted by Gasteiger charge is 2.19. The van der Waals surface area contributed by atoms with Gasteiger partial charge in [0.25, 0.3) is 0 Å². The van der Waals surface area contributed by atoms with Crippen molar-refractivity contribution in [1.82, 2.24) is 0 Å². The number of hydrogen-bond donors (Lipinski definition) is 1. The summed E-state index contributed by atoms with van der Waals surface area (Å²) in [5.41, 5.74) is 0.683. The number of rotatable bonds is 6. The van der Waals surface area contributed by atoms with Gasteiger partial charge < -0.3 is 10.1 Å². The van der Waals surface area contributed by atoms with Crippen molar-refractivity contribution < 1.29 is 14.1 Å². The molecule has 2 aromatic carbocycles. The number of nitrogens with one attached hydrogen (secondary N) is 1. The first-order valence-corrected chi connectivity index (χ1v) is 6.44. The minimum absolute atomic E-state index is 0.146. The zero-order valence-electron chi connectivity index (χ0n) is 11.5. The summed E-state index contributed by atoms with van der Waals surface area (Å²) in [4.78, 5) is 10.1. The first kappa shape index (κ1) is 14.8. The van der Waals surface area contributed by atoms with E-state index in [0.29, 0.717) is 13.2 Å². The van der Waals surface area contributed by atoms with Crippen LogP contribution in [0.1, 0.15) is 5.56 Å². The molecule has 0 atom stereocenters. The third kappa shape index (κ3) is 3.92. The predicted octanol–water partition coefficient (Wildman–Crippen LogP) is 3.53. The van der Waals surface area contributed by atoms with E-state index in [0.717, 1.165) is 17.4 Å². The van der Waals surface area contributed by atoms with Gasteiger partial charge in [0.1, 0.15) is 18.0 Å². The Morgan fingerprint density at radius 1 is 1.29 bits per heavy atom. The molecule has 0 saturated carbocycles. The molecule has 0 unspecified atom stereocenters. The SMILES string of the molecule is Cc1cccc(OCCNc2cccc(F)c2[N+](=O)[O-])c1. The number of ether oxygens (including phenoxy) is 1. The van der Waals surface area contributed by atoms with Gasteiger partial charge in [-0.3, -0.25) is 10.1 Å². The fraction of sp³-hybridized carbons (Fsp3) is 0.200. The van der Waals surface area contributed by atoms with Gasteiger partial charge in [0.2, 0.25) is 5.82 Å². The molecule has 1 N–H and O–H groups in total. The highest BCUT2D eigenvalue weighted by molar-refractivity contribution is 5.61. The molecule has 21 heavy (non-hydrogen) atoms. The molecule has 0 aliphatic carbocycles. The molecule has 110 valence electrons. The zero-order chi connectivity index (χ0) is 15.2. The van der Waals surface area contributed by atoms with E-state index in [9.17, 15) is 14.5 Å². The maximum atomic E-state index is 13.4. The molecule has 0 bridgehead atoms. The fourth-order valence-electron chi connectivity index (χ4n) is 1.90. The normalized spacial score (nSPS) is 10.2. The number of aryl methyl sites for hydroxylation is 1. The number of hydrogen-bond acceptors (Lipinski definition) is 4. The van der Waals surface area contributed by atoms with Crippen molar-refractivity contribution in [2.45, 2.75) is 6.92 Å². The number of nitro groups is 1. The molecular formula is C15H15FN2O3. The summed E-state index contributed by atoms with van der Waals surface area (Å²) in [5, 5.41) is 13.6. The highest BCUT2D eigenvalue weighted by atomic mass is 19.1. The molecular weight excluding hydrogens is 275 g/mol. The second-order valence-electron chi connectivity index (χ2n) is 4.48. The van der Waals surface area contributed by atoms with E-state index in [1.54, 1.807) is 0 Å². The van der Waals surface area contributed by atoms with Crippen LogP contribution in [0, 0.1) is 22.9 Å². The Balaban J connectivity index is 1.92. The van der Waals surface area contributed by atoms with Crippen molar-refractivity contribution in [3.63, 3.8) is 0 Å². The van der Waals surface area contributed by atoms with Crippen LogP contribution in [0.3, 0.4) is 0 Å². The molecule has 5 nitrogen and oxygen atoms in total. The van der Waals surface area contributed by atoms with Crippen molar-refractivity contribution in [2.24, 2.45) is 0 Å². The van der Waals surface area contributed by atoms with Crippen molar-refractivity contribution in [1.29, 1.82) is 0 Å². The average molecular weight is 290 g/mol. The summed E-state index contributed by atoms with van der Waals surface area (Å²) in [5.74, 6) is -0.129. The van der Waals surface area contributed by atoms with Crippen LogP contribution in [-0.2, 0) is 0 Å². The van der Waals surface area contributed by atoms with Gasteiger partial charge in [-0.05, 0) is 36.8 Å². The number of nitro benzene ring substituents is 1. The number of halogens is 1. The monoisotopic (exact) mass is 290 g/mol. The first-order chi connectivity index (χ1) is 10.1. The molecule has 0 heterocycles. The van der Waals surface area contributed by atoms with Gasteiger partial charge in [0.05, 0.1) is 4.92 Å². The lowest BCUT2D eigenvalue weighted by Crippen LogP contribution is -2.13. The topological polar surface area (TPSA) is 64.4 Å². The lowest BCUT2D eigenvalue weighted by atomic mass is 10.2. The summed E-state index contributed by atoms with van der Waals surface area (Å²) >= 11 is 0. The van der Waals surface area contributed by atoms with Gasteiger partial charge in [0.15, 0.2) is 0 Å². The molecule has 0 amide bonds. The van der Waals surface area contributed by atoms with E-state index in [-0.39, 0.29) is 5.69 Å². The van der Waals surface area contributed by atoms with E-state index >= 15 is 0 Å². The molecule has 0 aliphatic heterocycles. The molecule has 2 aromatic rings. The van der Waals surface area contributed by atoms with Crippen LogP contribution in [0.2, 0.25) is 0 Å². The summed E-state index contributed by atoms with van der Waals surface area (Å²) in [6, 6.07) is 11.5. The van der Waals surface area contributed by atoms with Crippen molar-refractivity contribution in [3.8, 4) is 5.75 Å². The lowest BCUT2D eigenvalue weighted by Gasteiger charge is -2.09. The van der Waals surface area contributed by atoms with Gasteiger partial charge in [-0.1, -0.05) is 18.2 Å². The number of para-hydroxylation sites is 1. The van der Waals surface area contributed by atoms with Crippen LogP contribution in [0.5, 0.6) is 5.75 Å². The standard InChI is InChI=1S/C15H15FN2O3/c1-11-4-2-5-12(10-11)21-9-8-17-14-7-3-6-13(16)15(14)18(19)20/h2-7,10,17H,8-9H2,1H3. The van der Waals surface area contributed by atoms with Gasteiger partial charge in [-0.15, -0.1) is 0 Å². The predicted molar refractivity (Wildman–Crippen MR) is 78.2 cm³/mol. The van der Waals surface area contributed by atoms with Crippen LogP contribution < -0.4 is 10.1 Å². The molecule has 0 aromatic heterocycles. The zero-order valence-corrected chi connectivity index (χ0v) is 11.5. The summed E-state index contributed by atoms with van der Waals surface area (Å²) in [7, 11) is 0. The Hall–Kier alpha value is -2.63. The van der Waals surface area contributed by atoms with Crippen LogP contribution >= 0.6 is 0 Å². The second kappa shape index (κ2) is 6.69. The summed E-state index contributed by atoms with van der Waals surface area (Å²) < 4.78 is 18.9. The van der Waals surface area contributed by atoms with E-state index in [2.05, 4.69) is 5.32 Å². The Bertz CT molecular complexity index is 647. The second-order valence-corrected chi connectivity index (χ2v) is 4.48. The van der Waals surface area contributed by atoms with E-state index < -0.39 is 16.4 Å². The molecule has 6 heteroatoms. The Morgan fingerprint density at radius 3 is 2.76 bits per heavy atom. The molecule has 0 saturated heterocycles. The van der Waals surface area contributed by atoms with Crippen molar-refractivity contribution >= 4 is 11.4 Å². The number of nitrogens with zero attached hydrogens (tertiary/aromatic N) is 1. The van der Waals surface area contributed by atoms with E-state index in [4.69, 9.17) is 4.74 Å². The average Bonchev–Trinajstić information content (AvgIpc) is 2.43. The number of benzene rings is 2. The molecule has 0 aliphatic rings. The van der Waals surface area contributed by atoms with Crippen LogP contribution in [0.25, 0.3) is 0 Å². The van der Waals surface area contributed by atoms with Crippen LogP contribution in [0.4, 0.5) is 15.8 Å². The molecule has 2 rings (SSSR count). The minimum atomic E-state index is -0.857. The minimum Gasteiger partial charge on any atom is -0.492 e. The van der Waals surface area contributed by atoms with Crippen molar-refractivity contribution in [2.75, 3.05) is 18.5 Å². The quantitative estimate of drug-likeness (QED) is 0.502. The van der Waals surface area contributed by atoms with Crippen LogP contribution in [0.15, 0.2) is 42.5 Å². The summed E-state index contributed by atoms with van der Waals surface area (Å²) in [6.07, 6.45) is 0. The largest absolute Gasteiger partial charge is 0.492 e. The van der Waals surface area contributed by atoms with Crippen molar-refractivity contribution in [3.05, 3.63) is 64.0 Å². The number of anilines is 1. The third-order valence-electron chi connectivity index (χ3n) is 2.85. The maximum Gasteiger partial charge on any atom is 0.327 e. The Kier molecular flexibility index (Phi) is 4.71. The first-order valence-electron chi connectivity index (χ1n) is 6.44. The van der Waals surface area contributed by atoms with Gasteiger partial charge in [0, 0.05) is 6.54 Å². The molecule has 0 radical (unpaired) electrons. The third-order valence-corrected chi connectivity index (χ3v) is 2.85. The maximum absolute atomic E-state index is 13.4. The Morgan fingerprint density at radius 2 is 2.05 bits per heavy atom. The van der Waals surface area contributed by atoms with Crippen LogP contribution in [-0.4, -0.2) is 18.1 Å². The summed E-state index contributed by atoms with van der Waals surface area (Å²) in [6.45, 7) is 2.61. The van der Waals surface area contributed by atoms with E-state index in [1.807, 2.05) is 31.2 Å². The molecule has 0 spiro atoms.